The number of aliphatic imine (C=N–C) groups is 1. The number of benzene rings is 1. The maximum atomic E-state index is 12.7. The standard InChI is InChI=1S/C14H10FNO3/c15-10-3-1-9(2-4-10)12(17)6-5-11-7-13(18)14(19)8-16-11/h1-6,8,19H,7H2/b6-5+. The number of aliphatic hydroxyl groups excluding tert-OH is 1. The summed E-state index contributed by atoms with van der Waals surface area (Å²) in [7, 11) is 0. The highest BCUT2D eigenvalue weighted by atomic mass is 19.1. The second-order valence-corrected chi connectivity index (χ2v) is 3.94. The lowest BCUT2D eigenvalue weighted by atomic mass is 10.1. The van der Waals surface area contributed by atoms with Crippen molar-refractivity contribution in [1.29, 1.82) is 0 Å². The van der Waals surface area contributed by atoms with Crippen LogP contribution in [-0.4, -0.2) is 22.4 Å². The van der Waals surface area contributed by atoms with Gasteiger partial charge in [-0.25, -0.2) is 4.39 Å². The van der Waals surface area contributed by atoms with Crippen LogP contribution in [-0.2, 0) is 4.79 Å². The smallest absolute Gasteiger partial charge is 0.204 e. The molecule has 4 nitrogen and oxygen atoms in total. The molecule has 1 heterocycles. The molecule has 0 aliphatic carbocycles. The van der Waals surface area contributed by atoms with E-state index in [4.69, 9.17) is 5.11 Å². The van der Waals surface area contributed by atoms with Crippen molar-refractivity contribution >= 4 is 17.3 Å². The van der Waals surface area contributed by atoms with Crippen molar-refractivity contribution in [3.8, 4) is 0 Å². The van der Waals surface area contributed by atoms with Gasteiger partial charge in [0.1, 0.15) is 5.82 Å². The highest BCUT2D eigenvalue weighted by Gasteiger charge is 2.14. The van der Waals surface area contributed by atoms with E-state index in [0.29, 0.717) is 11.3 Å². The lowest BCUT2D eigenvalue weighted by Crippen LogP contribution is -2.12. The monoisotopic (exact) mass is 259 g/mol. The van der Waals surface area contributed by atoms with Gasteiger partial charge in [0.15, 0.2) is 11.5 Å². The summed E-state index contributed by atoms with van der Waals surface area (Å²) in [5, 5.41) is 9.05. The van der Waals surface area contributed by atoms with Crippen LogP contribution < -0.4 is 0 Å². The fourth-order valence-electron chi connectivity index (χ4n) is 1.50. The second-order valence-electron chi connectivity index (χ2n) is 3.94. The third-order valence-electron chi connectivity index (χ3n) is 2.54. The quantitative estimate of drug-likeness (QED) is 0.669. The van der Waals surface area contributed by atoms with Crippen LogP contribution in [0.5, 0.6) is 0 Å². The van der Waals surface area contributed by atoms with E-state index >= 15 is 0 Å². The van der Waals surface area contributed by atoms with Gasteiger partial charge in [0, 0.05) is 11.3 Å². The second kappa shape index (κ2) is 5.39. The summed E-state index contributed by atoms with van der Waals surface area (Å²) in [5.41, 5.74) is 0.733. The van der Waals surface area contributed by atoms with Crippen LogP contribution in [0, 0.1) is 5.82 Å². The van der Waals surface area contributed by atoms with E-state index in [9.17, 15) is 14.0 Å². The lowest BCUT2D eigenvalue weighted by molar-refractivity contribution is -0.116. The molecular formula is C14H10FNO3. The summed E-state index contributed by atoms with van der Waals surface area (Å²) >= 11 is 0. The molecule has 0 aromatic heterocycles. The Morgan fingerprint density at radius 1 is 1.32 bits per heavy atom. The molecule has 0 amide bonds. The molecule has 0 spiro atoms. The Hall–Kier alpha value is -2.56. The molecule has 2 rings (SSSR count). The third kappa shape index (κ3) is 3.22. The highest BCUT2D eigenvalue weighted by molar-refractivity contribution is 6.16. The SMILES string of the molecule is O=C1CC(/C=C/C(=O)c2ccc(F)cc2)=NC=C1O. The fourth-order valence-corrected chi connectivity index (χ4v) is 1.50. The maximum Gasteiger partial charge on any atom is 0.204 e. The number of ketones is 2. The van der Waals surface area contributed by atoms with Gasteiger partial charge in [0.25, 0.3) is 0 Å². The zero-order chi connectivity index (χ0) is 13.8. The molecule has 1 aliphatic rings. The summed E-state index contributed by atoms with van der Waals surface area (Å²) in [6.07, 6.45) is 3.67. The van der Waals surface area contributed by atoms with Gasteiger partial charge >= 0.3 is 0 Å². The Morgan fingerprint density at radius 3 is 2.63 bits per heavy atom. The maximum absolute atomic E-state index is 12.7. The van der Waals surface area contributed by atoms with E-state index in [2.05, 4.69) is 4.99 Å². The van der Waals surface area contributed by atoms with E-state index in [1.807, 2.05) is 0 Å². The lowest BCUT2D eigenvalue weighted by Gasteiger charge is -2.04. The fraction of sp³-hybridized carbons (Fsp3) is 0.0714. The number of hydrogen-bond acceptors (Lipinski definition) is 4. The van der Waals surface area contributed by atoms with Crippen LogP contribution in [0.1, 0.15) is 16.8 Å². The average molecular weight is 259 g/mol. The van der Waals surface area contributed by atoms with Crippen molar-refractivity contribution in [2.45, 2.75) is 6.42 Å². The van der Waals surface area contributed by atoms with Gasteiger partial charge in [-0.05, 0) is 36.4 Å². The molecule has 1 aromatic carbocycles. The molecule has 0 bridgehead atoms. The number of Topliss-reactive ketones (excluding diaryl/α,β-unsaturated/α-hetero) is 1. The largest absolute Gasteiger partial charge is 0.503 e. The summed E-state index contributed by atoms with van der Waals surface area (Å²) in [4.78, 5) is 26.8. The molecule has 1 aliphatic heterocycles. The average Bonchev–Trinajstić information content (AvgIpc) is 2.40. The first-order valence-corrected chi connectivity index (χ1v) is 5.53. The zero-order valence-corrected chi connectivity index (χ0v) is 9.84. The summed E-state index contributed by atoms with van der Waals surface area (Å²) in [6, 6.07) is 5.15. The summed E-state index contributed by atoms with van der Waals surface area (Å²) in [5.74, 6) is -1.55. The topological polar surface area (TPSA) is 66.7 Å². The van der Waals surface area contributed by atoms with E-state index in [0.717, 1.165) is 6.20 Å². The molecule has 1 aromatic rings. The van der Waals surface area contributed by atoms with Crippen LogP contribution in [0.3, 0.4) is 0 Å². The highest BCUT2D eigenvalue weighted by Crippen LogP contribution is 2.08. The molecule has 19 heavy (non-hydrogen) atoms. The van der Waals surface area contributed by atoms with Gasteiger partial charge in [0.2, 0.25) is 5.78 Å². The molecule has 0 unspecified atom stereocenters. The Kier molecular flexibility index (Phi) is 3.66. The Balaban J connectivity index is 2.09. The molecule has 0 radical (unpaired) electrons. The van der Waals surface area contributed by atoms with Crippen LogP contribution in [0.15, 0.2) is 53.4 Å². The van der Waals surface area contributed by atoms with Crippen LogP contribution in [0.25, 0.3) is 0 Å². The van der Waals surface area contributed by atoms with Gasteiger partial charge in [-0.15, -0.1) is 0 Å². The normalized spacial score (nSPS) is 15.3. The van der Waals surface area contributed by atoms with Gasteiger partial charge in [0.05, 0.1) is 12.6 Å². The molecule has 0 fully saturated rings. The number of nitrogens with zero attached hydrogens (tertiary/aromatic N) is 1. The summed E-state index contributed by atoms with van der Waals surface area (Å²) in [6.45, 7) is 0. The molecular weight excluding hydrogens is 249 g/mol. The first-order chi connectivity index (χ1) is 9.06. The van der Waals surface area contributed by atoms with E-state index in [1.54, 1.807) is 0 Å². The Labute approximate surface area is 108 Å². The number of hydrogen-bond donors (Lipinski definition) is 1. The van der Waals surface area contributed by atoms with Crippen LogP contribution in [0.4, 0.5) is 4.39 Å². The van der Waals surface area contributed by atoms with Crippen molar-refractivity contribution in [3.05, 3.63) is 59.8 Å². The van der Waals surface area contributed by atoms with Gasteiger partial charge < -0.3 is 5.11 Å². The molecule has 1 N–H and O–H groups in total. The zero-order valence-electron chi connectivity index (χ0n) is 9.84. The minimum Gasteiger partial charge on any atom is -0.503 e. The number of rotatable bonds is 3. The Bertz CT molecular complexity index is 612. The van der Waals surface area contributed by atoms with E-state index in [1.165, 1.54) is 36.4 Å². The van der Waals surface area contributed by atoms with Crippen molar-refractivity contribution in [2.24, 2.45) is 4.99 Å². The van der Waals surface area contributed by atoms with Crippen LogP contribution in [0.2, 0.25) is 0 Å². The van der Waals surface area contributed by atoms with Crippen molar-refractivity contribution in [2.75, 3.05) is 0 Å². The number of carbonyl (C=O) groups excluding carboxylic acids is 2. The molecule has 0 saturated carbocycles. The minimum absolute atomic E-state index is 0.0461. The number of aliphatic hydroxyl groups is 1. The summed E-state index contributed by atoms with van der Waals surface area (Å²) < 4.78 is 12.7. The first-order valence-electron chi connectivity index (χ1n) is 5.53. The molecule has 0 saturated heterocycles. The van der Waals surface area contributed by atoms with Crippen molar-refractivity contribution in [1.82, 2.24) is 0 Å². The third-order valence-corrected chi connectivity index (χ3v) is 2.54. The Morgan fingerprint density at radius 2 is 2.00 bits per heavy atom. The van der Waals surface area contributed by atoms with Gasteiger partial charge in [-0.1, -0.05) is 0 Å². The van der Waals surface area contributed by atoms with Gasteiger partial charge in [-0.2, -0.15) is 0 Å². The first kappa shape index (κ1) is 12.9. The van der Waals surface area contributed by atoms with Crippen LogP contribution >= 0.6 is 0 Å². The van der Waals surface area contributed by atoms with E-state index < -0.39 is 11.6 Å². The minimum atomic E-state index is -0.441. The molecule has 5 heteroatoms. The van der Waals surface area contributed by atoms with Crippen molar-refractivity contribution < 1.29 is 19.1 Å². The predicted molar refractivity (Wildman–Crippen MR) is 67.6 cm³/mol. The molecule has 96 valence electrons. The van der Waals surface area contributed by atoms with Crippen molar-refractivity contribution in [3.63, 3.8) is 0 Å². The van der Waals surface area contributed by atoms with E-state index in [-0.39, 0.29) is 18.0 Å². The number of halogens is 1. The molecule has 0 atom stereocenters. The predicted octanol–water partition coefficient (Wildman–Crippen LogP) is 2.38. The number of allylic oxidation sites excluding steroid dienone is 3. The number of carbonyl (C=O) groups is 2. The van der Waals surface area contributed by atoms with Gasteiger partial charge in [-0.3, -0.25) is 14.6 Å².